The second kappa shape index (κ2) is 9.19. The van der Waals surface area contributed by atoms with E-state index in [0.29, 0.717) is 24.5 Å². The van der Waals surface area contributed by atoms with Crippen LogP contribution in [0.2, 0.25) is 0 Å². The molecular formula is C18H22N2O4S. The lowest BCUT2D eigenvalue weighted by molar-refractivity contribution is -0.115. The van der Waals surface area contributed by atoms with Crippen molar-refractivity contribution < 1.29 is 17.9 Å². The minimum absolute atomic E-state index is 0.00767. The first-order valence-corrected chi connectivity index (χ1v) is 9.68. The maximum absolute atomic E-state index is 11.8. The molecule has 0 aliphatic heterocycles. The first-order valence-electron chi connectivity index (χ1n) is 8.02. The van der Waals surface area contributed by atoms with Crippen molar-refractivity contribution in [3.05, 3.63) is 60.2 Å². The molecule has 0 bridgehead atoms. The van der Waals surface area contributed by atoms with Gasteiger partial charge in [-0.1, -0.05) is 37.3 Å². The highest BCUT2D eigenvalue weighted by atomic mass is 32.2. The van der Waals surface area contributed by atoms with Crippen molar-refractivity contribution in [3.8, 4) is 5.75 Å². The van der Waals surface area contributed by atoms with Gasteiger partial charge in [-0.3, -0.25) is 4.79 Å². The molecule has 0 aliphatic rings. The summed E-state index contributed by atoms with van der Waals surface area (Å²) in [6.07, 6.45) is 0.501. The molecule has 0 saturated heterocycles. The fourth-order valence-corrected chi connectivity index (χ4v) is 3.13. The van der Waals surface area contributed by atoms with E-state index in [1.165, 1.54) is 0 Å². The fraction of sp³-hybridized carbons (Fsp3) is 0.278. The van der Waals surface area contributed by atoms with E-state index in [1.807, 2.05) is 30.3 Å². The molecule has 0 heterocycles. The van der Waals surface area contributed by atoms with E-state index in [2.05, 4.69) is 10.0 Å². The third-order valence-corrected chi connectivity index (χ3v) is 4.84. The van der Waals surface area contributed by atoms with Gasteiger partial charge >= 0.3 is 0 Å². The summed E-state index contributed by atoms with van der Waals surface area (Å²) < 4.78 is 31.0. The molecule has 2 aromatic carbocycles. The van der Waals surface area contributed by atoms with Gasteiger partial charge in [-0.2, -0.15) is 0 Å². The first-order chi connectivity index (χ1) is 12.0. The number of sulfonamides is 1. The van der Waals surface area contributed by atoms with Crippen LogP contribution in [0, 0.1) is 0 Å². The van der Waals surface area contributed by atoms with Gasteiger partial charge in [0.2, 0.25) is 15.9 Å². The zero-order chi connectivity index (χ0) is 18.1. The third-order valence-electron chi connectivity index (χ3n) is 3.31. The summed E-state index contributed by atoms with van der Waals surface area (Å²) in [5.74, 6) is 0.274. The summed E-state index contributed by atoms with van der Waals surface area (Å²) in [5, 5.41) is 2.64. The molecule has 6 nitrogen and oxygen atoms in total. The highest BCUT2D eigenvalue weighted by molar-refractivity contribution is 7.89. The van der Waals surface area contributed by atoms with E-state index < -0.39 is 15.9 Å². The normalized spacial score (nSPS) is 11.1. The number of carbonyl (C=O) groups excluding carboxylic acids is 1. The van der Waals surface area contributed by atoms with E-state index in [1.54, 1.807) is 31.2 Å². The van der Waals surface area contributed by atoms with Crippen LogP contribution in [0.15, 0.2) is 54.6 Å². The first kappa shape index (κ1) is 19.0. The summed E-state index contributed by atoms with van der Waals surface area (Å²) in [6.45, 7) is 1.95. The molecule has 2 N–H and O–H groups in total. The van der Waals surface area contributed by atoms with Gasteiger partial charge in [0, 0.05) is 5.69 Å². The zero-order valence-corrected chi connectivity index (χ0v) is 14.9. The van der Waals surface area contributed by atoms with Gasteiger partial charge in [0.15, 0.2) is 0 Å². The molecule has 7 heteroatoms. The van der Waals surface area contributed by atoms with E-state index in [4.69, 9.17) is 4.74 Å². The maximum Gasteiger partial charge on any atom is 0.239 e. The van der Waals surface area contributed by atoms with Crippen LogP contribution in [0.3, 0.4) is 0 Å². The molecule has 0 saturated carbocycles. The second-order valence-corrected chi connectivity index (χ2v) is 7.41. The Balaban J connectivity index is 1.80. The van der Waals surface area contributed by atoms with Crippen LogP contribution in [0.5, 0.6) is 5.75 Å². The molecular weight excluding hydrogens is 340 g/mol. The summed E-state index contributed by atoms with van der Waals surface area (Å²) in [5.41, 5.74) is 1.64. The highest BCUT2D eigenvalue weighted by Crippen LogP contribution is 2.17. The van der Waals surface area contributed by atoms with Crippen LogP contribution in [0.25, 0.3) is 0 Å². The van der Waals surface area contributed by atoms with Gasteiger partial charge in [0.1, 0.15) is 12.4 Å². The molecule has 134 valence electrons. The Morgan fingerprint density at radius 1 is 1.04 bits per heavy atom. The number of benzene rings is 2. The minimum Gasteiger partial charge on any atom is -0.489 e. The van der Waals surface area contributed by atoms with Crippen molar-refractivity contribution in [2.75, 3.05) is 17.6 Å². The monoisotopic (exact) mass is 362 g/mol. The van der Waals surface area contributed by atoms with Crippen LogP contribution in [0.4, 0.5) is 5.69 Å². The van der Waals surface area contributed by atoms with E-state index in [0.717, 1.165) is 5.56 Å². The Labute approximate surface area is 148 Å². The molecule has 0 radical (unpaired) electrons. The topological polar surface area (TPSA) is 84.5 Å². The molecule has 0 aliphatic carbocycles. The molecule has 0 fully saturated rings. The summed E-state index contributed by atoms with van der Waals surface area (Å²) in [6, 6.07) is 16.7. The maximum atomic E-state index is 11.8. The lowest BCUT2D eigenvalue weighted by Crippen LogP contribution is -2.34. The Morgan fingerprint density at radius 2 is 1.72 bits per heavy atom. The number of nitrogens with one attached hydrogen (secondary N) is 2. The van der Waals surface area contributed by atoms with Crippen LogP contribution in [-0.2, 0) is 21.4 Å². The number of amides is 1. The third kappa shape index (κ3) is 6.94. The van der Waals surface area contributed by atoms with Crippen molar-refractivity contribution in [2.24, 2.45) is 0 Å². The van der Waals surface area contributed by atoms with E-state index in [9.17, 15) is 13.2 Å². The lowest BCUT2D eigenvalue weighted by atomic mass is 10.2. The molecule has 1 amide bonds. The fourth-order valence-electron chi connectivity index (χ4n) is 2.10. The van der Waals surface area contributed by atoms with Crippen molar-refractivity contribution in [1.82, 2.24) is 4.72 Å². The van der Waals surface area contributed by atoms with Crippen molar-refractivity contribution >= 4 is 21.6 Å². The average Bonchev–Trinajstić information content (AvgIpc) is 2.60. The number of hydrogen-bond donors (Lipinski definition) is 2. The van der Waals surface area contributed by atoms with Gasteiger partial charge in [0.25, 0.3) is 0 Å². The number of ether oxygens (including phenoxy) is 1. The number of rotatable bonds is 9. The molecule has 0 aromatic heterocycles. The van der Waals surface area contributed by atoms with Crippen LogP contribution in [-0.4, -0.2) is 26.6 Å². The van der Waals surface area contributed by atoms with Gasteiger partial charge in [0.05, 0.1) is 12.3 Å². The van der Waals surface area contributed by atoms with Crippen LogP contribution in [0.1, 0.15) is 18.9 Å². The molecule has 2 aromatic rings. The quantitative estimate of drug-likeness (QED) is 0.718. The number of carbonyl (C=O) groups is 1. The average molecular weight is 362 g/mol. The van der Waals surface area contributed by atoms with Crippen molar-refractivity contribution in [3.63, 3.8) is 0 Å². The largest absolute Gasteiger partial charge is 0.489 e. The molecule has 2 rings (SSSR count). The van der Waals surface area contributed by atoms with Gasteiger partial charge in [-0.25, -0.2) is 13.1 Å². The van der Waals surface area contributed by atoms with Gasteiger partial charge < -0.3 is 10.1 Å². The van der Waals surface area contributed by atoms with E-state index >= 15 is 0 Å². The van der Waals surface area contributed by atoms with Crippen molar-refractivity contribution in [1.29, 1.82) is 0 Å². The lowest BCUT2D eigenvalue weighted by Gasteiger charge is -2.09. The Hall–Kier alpha value is -2.38. The highest BCUT2D eigenvalue weighted by Gasteiger charge is 2.11. The number of hydrogen-bond acceptors (Lipinski definition) is 4. The smallest absolute Gasteiger partial charge is 0.239 e. The predicted molar refractivity (Wildman–Crippen MR) is 97.9 cm³/mol. The Morgan fingerprint density at radius 3 is 2.36 bits per heavy atom. The van der Waals surface area contributed by atoms with Gasteiger partial charge in [-0.05, 0) is 36.2 Å². The molecule has 0 spiro atoms. The standard InChI is InChI=1S/C18H22N2O4S/c1-2-12-25(22,23)19-13-18(21)20-16-8-10-17(11-9-16)24-14-15-6-4-3-5-7-15/h3-11,19H,2,12-14H2,1H3,(H,20,21). The van der Waals surface area contributed by atoms with Crippen LogP contribution < -0.4 is 14.8 Å². The molecule has 0 unspecified atom stereocenters. The van der Waals surface area contributed by atoms with Crippen LogP contribution >= 0.6 is 0 Å². The van der Waals surface area contributed by atoms with Gasteiger partial charge in [-0.15, -0.1) is 0 Å². The number of anilines is 1. The summed E-state index contributed by atoms with van der Waals surface area (Å²) in [7, 11) is -3.39. The van der Waals surface area contributed by atoms with E-state index in [-0.39, 0.29) is 12.3 Å². The zero-order valence-electron chi connectivity index (χ0n) is 14.1. The minimum atomic E-state index is -3.39. The molecule has 25 heavy (non-hydrogen) atoms. The predicted octanol–water partition coefficient (Wildman–Crippen LogP) is 2.53. The van der Waals surface area contributed by atoms with Crippen molar-refractivity contribution in [2.45, 2.75) is 20.0 Å². The Kier molecular flexibility index (Phi) is 6.97. The summed E-state index contributed by atoms with van der Waals surface area (Å²) in [4.78, 5) is 11.8. The molecule has 0 atom stereocenters. The Bertz CT molecular complexity index is 774. The SMILES string of the molecule is CCCS(=O)(=O)NCC(=O)Nc1ccc(OCc2ccccc2)cc1. The summed E-state index contributed by atoms with van der Waals surface area (Å²) >= 11 is 0. The second-order valence-electron chi connectivity index (χ2n) is 5.49.